The molecule has 1 saturated heterocycles. The summed E-state index contributed by atoms with van der Waals surface area (Å²) in [6, 6.07) is 6.18. The second-order valence-electron chi connectivity index (χ2n) is 4.81. The topological polar surface area (TPSA) is 37.4 Å². The summed E-state index contributed by atoms with van der Waals surface area (Å²) < 4.78 is 5.66. The van der Waals surface area contributed by atoms with Gasteiger partial charge in [-0.2, -0.15) is 0 Å². The van der Waals surface area contributed by atoms with Crippen molar-refractivity contribution < 1.29 is 4.74 Å². The molecule has 18 heavy (non-hydrogen) atoms. The molecule has 100 valence electrons. The number of hydrogen-bond acceptors (Lipinski definition) is 4. The lowest BCUT2D eigenvalue weighted by atomic mass is 10.3. The van der Waals surface area contributed by atoms with E-state index in [4.69, 9.17) is 4.74 Å². The minimum Gasteiger partial charge on any atom is -0.377 e. The molecule has 1 unspecified atom stereocenters. The summed E-state index contributed by atoms with van der Waals surface area (Å²) in [6.07, 6.45) is 1.43. The minimum absolute atomic E-state index is 0.324. The van der Waals surface area contributed by atoms with Crippen LogP contribution in [0.3, 0.4) is 0 Å². The molecule has 0 bridgehead atoms. The highest BCUT2D eigenvalue weighted by Gasteiger charge is 2.15. The van der Waals surface area contributed by atoms with Crippen molar-refractivity contribution in [2.75, 3.05) is 31.6 Å². The number of nitrogens with one attached hydrogen (secondary N) is 1. The summed E-state index contributed by atoms with van der Waals surface area (Å²) in [6.45, 7) is 9.01. The maximum atomic E-state index is 5.66. The fourth-order valence-electron chi connectivity index (χ4n) is 2.30. The molecule has 1 aliphatic heterocycles. The monoisotopic (exact) mass is 249 g/mol. The second kappa shape index (κ2) is 6.71. The predicted molar refractivity (Wildman–Crippen MR) is 73.7 cm³/mol. The number of ether oxygens (including phenoxy) is 1. The number of nitrogens with zero attached hydrogens (tertiary/aromatic N) is 2. The van der Waals surface area contributed by atoms with Crippen LogP contribution in [0.1, 0.15) is 26.0 Å². The van der Waals surface area contributed by atoms with Crippen molar-refractivity contribution >= 4 is 5.82 Å². The third kappa shape index (κ3) is 3.96. The molecule has 0 radical (unpaired) electrons. The van der Waals surface area contributed by atoms with Crippen molar-refractivity contribution in [2.24, 2.45) is 0 Å². The fraction of sp³-hybridized carbons (Fsp3) is 0.643. The first-order valence-electron chi connectivity index (χ1n) is 6.81. The Bertz CT molecular complexity index is 370. The maximum absolute atomic E-state index is 5.66. The Kier molecular flexibility index (Phi) is 4.96. The average Bonchev–Trinajstić information content (AvgIpc) is 2.54. The first kappa shape index (κ1) is 13.3. The highest BCUT2D eigenvalue weighted by Crippen LogP contribution is 2.11. The van der Waals surface area contributed by atoms with Crippen molar-refractivity contribution in [3.8, 4) is 0 Å². The van der Waals surface area contributed by atoms with E-state index in [1.54, 1.807) is 0 Å². The smallest absolute Gasteiger partial charge is 0.126 e. The van der Waals surface area contributed by atoms with Crippen LogP contribution in [-0.2, 0) is 11.3 Å². The Balaban J connectivity index is 1.96. The highest BCUT2D eigenvalue weighted by atomic mass is 16.5. The van der Waals surface area contributed by atoms with Crippen LogP contribution < -0.4 is 5.32 Å². The van der Waals surface area contributed by atoms with Crippen molar-refractivity contribution in [3.05, 3.63) is 23.9 Å². The van der Waals surface area contributed by atoms with Gasteiger partial charge in [-0.05, 0) is 32.4 Å². The average molecular weight is 249 g/mol. The van der Waals surface area contributed by atoms with Gasteiger partial charge in [-0.25, -0.2) is 4.98 Å². The Morgan fingerprint density at radius 1 is 1.50 bits per heavy atom. The van der Waals surface area contributed by atoms with Crippen molar-refractivity contribution in [1.82, 2.24) is 9.88 Å². The van der Waals surface area contributed by atoms with Crippen LogP contribution in [0.2, 0.25) is 0 Å². The van der Waals surface area contributed by atoms with Crippen LogP contribution in [0.5, 0.6) is 0 Å². The van der Waals surface area contributed by atoms with Crippen LogP contribution in [0, 0.1) is 0 Å². The van der Waals surface area contributed by atoms with Gasteiger partial charge in [0.2, 0.25) is 0 Å². The predicted octanol–water partition coefficient (Wildman–Crippen LogP) is 2.12. The van der Waals surface area contributed by atoms with Crippen molar-refractivity contribution in [2.45, 2.75) is 32.9 Å². The molecular weight excluding hydrogens is 226 g/mol. The van der Waals surface area contributed by atoms with E-state index in [1.165, 1.54) is 0 Å². The van der Waals surface area contributed by atoms with Gasteiger partial charge in [0, 0.05) is 32.8 Å². The summed E-state index contributed by atoms with van der Waals surface area (Å²) in [5.74, 6) is 0.967. The van der Waals surface area contributed by atoms with E-state index in [0.717, 1.165) is 50.7 Å². The van der Waals surface area contributed by atoms with E-state index in [0.29, 0.717) is 6.10 Å². The summed E-state index contributed by atoms with van der Waals surface area (Å²) >= 11 is 0. The van der Waals surface area contributed by atoms with Crippen LogP contribution in [0.15, 0.2) is 18.2 Å². The van der Waals surface area contributed by atoms with Gasteiger partial charge in [-0.1, -0.05) is 6.07 Å². The van der Waals surface area contributed by atoms with Gasteiger partial charge in [-0.3, -0.25) is 4.90 Å². The van der Waals surface area contributed by atoms with Crippen LogP contribution in [0.4, 0.5) is 5.82 Å². The Morgan fingerprint density at radius 2 is 2.39 bits per heavy atom. The number of pyridine rings is 1. The summed E-state index contributed by atoms with van der Waals surface area (Å²) in [5, 5.41) is 3.25. The zero-order valence-electron chi connectivity index (χ0n) is 11.4. The van der Waals surface area contributed by atoms with Crippen molar-refractivity contribution in [1.29, 1.82) is 0 Å². The molecule has 0 aliphatic carbocycles. The first-order chi connectivity index (χ1) is 8.78. The molecule has 2 rings (SSSR count). The van der Waals surface area contributed by atoms with E-state index in [9.17, 15) is 0 Å². The summed E-state index contributed by atoms with van der Waals surface area (Å²) in [7, 11) is 0. The first-order valence-corrected chi connectivity index (χ1v) is 6.81. The molecule has 2 heterocycles. The van der Waals surface area contributed by atoms with Gasteiger partial charge in [0.05, 0.1) is 11.8 Å². The van der Waals surface area contributed by atoms with E-state index in [1.807, 2.05) is 6.07 Å². The van der Waals surface area contributed by atoms with Gasteiger partial charge in [0.15, 0.2) is 0 Å². The lowest BCUT2D eigenvalue weighted by Crippen LogP contribution is -2.30. The summed E-state index contributed by atoms with van der Waals surface area (Å²) in [5.41, 5.74) is 1.13. The Morgan fingerprint density at radius 3 is 3.22 bits per heavy atom. The molecule has 1 aliphatic rings. The maximum Gasteiger partial charge on any atom is 0.126 e. The molecule has 1 atom stereocenters. The number of hydrogen-bond donors (Lipinski definition) is 1. The molecule has 1 aromatic heterocycles. The van der Waals surface area contributed by atoms with E-state index < -0.39 is 0 Å². The quantitative estimate of drug-likeness (QED) is 0.887. The third-order valence-corrected chi connectivity index (χ3v) is 3.09. The molecule has 0 amide bonds. The summed E-state index contributed by atoms with van der Waals surface area (Å²) in [4.78, 5) is 7.04. The molecule has 0 saturated carbocycles. The second-order valence-corrected chi connectivity index (χ2v) is 4.81. The fourth-order valence-corrected chi connectivity index (χ4v) is 2.30. The van der Waals surface area contributed by atoms with Gasteiger partial charge in [0.25, 0.3) is 0 Å². The largest absolute Gasteiger partial charge is 0.377 e. The van der Waals surface area contributed by atoms with Gasteiger partial charge in [0.1, 0.15) is 5.82 Å². The highest BCUT2D eigenvalue weighted by molar-refractivity contribution is 5.34. The van der Waals surface area contributed by atoms with Crippen LogP contribution in [-0.4, -0.2) is 42.2 Å². The van der Waals surface area contributed by atoms with Gasteiger partial charge >= 0.3 is 0 Å². The Hall–Kier alpha value is -1.13. The van der Waals surface area contributed by atoms with E-state index in [-0.39, 0.29) is 0 Å². The van der Waals surface area contributed by atoms with Gasteiger partial charge < -0.3 is 10.1 Å². The third-order valence-electron chi connectivity index (χ3n) is 3.09. The zero-order valence-corrected chi connectivity index (χ0v) is 11.4. The standard InChI is InChI=1S/C14H23N3O/c1-3-15-14-7-4-6-13(16-14)11-17-8-5-9-18-12(2)10-17/h4,6-7,12H,3,5,8-11H2,1-2H3,(H,15,16). The van der Waals surface area contributed by atoms with Crippen LogP contribution >= 0.6 is 0 Å². The molecule has 1 N–H and O–H groups in total. The van der Waals surface area contributed by atoms with E-state index in [2.05, 4.69) is 41.2 Å². The molecular formula is C14H23N3O. The molecule has 1 aromatic rings. The Labute approximate surface area is 109 Å². The normalized spacial score (nSPS) is 21.6. The molecule has 4 heteroatoms. The van der Waals surface area contributed by atoms with Crippen molar-refractivity contribution in [3.63, 3.8) is 0 Å². The SMILES string of the molecule is CCNc1cccc(CN2CCCOC(C)C2)n1. The molecule has 0 spiro atoms. The number of anilines is 1. The number of aromatic nitrogens is 1. The zero-order chi connectivity index (χ0) is 12.8. The van der Waals surface area contributed by atoms with Crippen LogP contribution in [0.25, 0.3) is 0 Å². The lowest BCUT2D eigenvalue weighted by molar-refractivity contribution is 0.0666. The minimum atomic E-state index is 0.324. The molecule has 1 fully saturated rings. The van der Waals surface area contributed by atoms with E-state index >= 15 is 0 Å². The lowest BCUT2D eigenvalue weighted by Gasteiger charge is -2.21. The molecule has 4 nitrogen and oxygen atoms in total. The van der Waals surface area contributed by atoms with Gasteiger partial charge in [-0.15, -0.1) is 0 Å². The molecule has 0 aromatic carbocycles. The number of rotatable bonds is 4.